The van der Waals surface area contributed by atoms with Crippen LogP contribution in [0, 0.1) is 12.8 Å². The summed E-state index contributed by atoms with van der Waals surface area (Å²) in [5.74, 6) is 0.457. The molecule has 2 saturated heterocycles. The molecule has 3 heterocycles. The van der Waals surface area contributed by atoms with Gasteiger partial charge in [-0.2, -0.15) is 0 Å². The number of aryl methyl sites for hydroxylation is 1. The summed E-state index contributed by atoms with van der Waals surface area (Å²) in [5.41, 5.74) is 8.62. The average molecular weight is 262 g/mol. The Balaban J connectivity index is 1.76. The minimum absolute atomic E-state index is 0.0510. The second-order valence-corrected chi connectivity index (χ2v) is 5.79. The van der Waals surface area contributed by atoms with Crippen molar-refractivity contribution in [1.82, 2.24) is 4.98 Å². The van der Waals surface area contributed by atoms with Gasteiger partial charge in [0.25, 0.3) is 0 Å². The van der Waals surface area contributed by atoms with Gasteiger partial charge in [-0.15, -0.1) is 0 Å². The third kappa shape index (κ3) is 2.53. The van der Waals surface area contributed by atoms with Gasteiger partial charge in [0.2, 0.25) is 0 Å². The van der Waals surface area contributed by atoms with Crippen molar-refractivity contribution in [3.05, 3.63) is 29.6 Å². The molecule has 3 unspecified atom stereocenters. The van der Waals surface area contributed by atoms with Crippen molar-refractivity contribution in [2.45, 2.75) is 37.8 Å². The van der Waals surface area contributed by atoms with Gasteiger partial charge in [0.1, 0.15) is 0 Å². The van der Waals surface area contributed by atoms with Crippen LogP contribution in [0.15, 0.2) is 18.3 Å². The molecule has 19 heavy (non-hydrogen) atoms. The number of nitrogens with two attached hydrogens (primary N) is 1. The lowest BCUT2D eigenvalue weighted by Gasteiger charge is -2.39. The van der Waals surface area contributed by atoms with E-state index in [-0.39, 0.29) is 11.6 Å². The predicted octanol–water partition coefficient (Wildman–Crippen LogP) is 1.98. The smallest absolute Gasteiger partial charge is 0.0940 e. The first-order chi connectivity index (χ1) is 9.20. The van der Waals surface area contributed by atoms with Crippen LogP contribution >= 0.6 is 0 Å². The summed E-state index contributed by atoms with van der Waals surface area (Å²) in [7, 11) is 0. The fraction of sp³-hybridized carbons (Fsp3) is 0.667. The van der Waals surface area contributed by atoms with E-state index in [0.29, 0.717) is 5.92 Å². The van der Waals surface area contributed by atoms with E-state index in [4.69, 9.17) is 15.2 Å². The molecule has 0 aromatic carbocycles. The van der Waals surface area contributed by atoms with Crippen LogP contribution in [0.4, 0.5) is 0 Å². The van der Waals surface area contributed by atoms with E-state index >= 15 is 0 Å². The lowest BCUT2D eigenvalue weighted by atomic mass is 9.79. The highest BCUT2D eigenvalue weighted by Gasteiger charge is 2.42. The Hall–Kier alpha value is -0.970. The van der Waals surface area contributed by atoms with Crippen LogP contribution in [-0.4, -0.2) is 30.4 Å². The second-order valence-electron chi connectivity index (χ2n) is 5.79. The van der Waals surface area contributed by atoms with Crippen LogP contribution in [0.25, 0.3) is 0 Å². The van der Waals surface area contributed by atoms with Gasteiger partial charge in [0.15, 0.2) is 0 Å². The predicted molar refractivity (Wildman–Crippen MR) is 72.7 cm³/mol. The molecule has 0 bridgehead atoms. The largest absolute Gasteiger partial charge is 0.378 e. The number of rotatable bonds is 2. The molecule has 4 nitrogen and oxygen atoms in total. The summed E-state index contributed by atoms with van der Waals surface area (Å²) in [6.45, 7) is 4.36. The standard InChI is InChI=1S/C15H22N2O2/c1-11-13(3-2-6-17-11)14(16)12-4-7-19-15(9-12)5-8-18-10-15/h2-3,6,12,14H,4-5,7-10,16H2,1H3. The van der Waals surface area contributed by atoms with Crippen LogP contribution in [-0.2, 0) is 9.47 Å². The molecule has 2 fully saturated rings. The quantitative estimate of drug-likeness (QED) is 0.885. The van der Waals surface area contributed by atoms with Crippen LogP contribution < -0.4 is 5.73 Å². The van der Waals surface area contributed by atoms with Gasteiger partial charge >= 0.3 is 0 Å². The Morgan fingerprint density at radius 1 is 1.47 bits per heavy atom. The molecule has 2 aliphatic heterocycles. The minimum Gasteiger partial charge on any atom is -0.378 e. The normalized spacial score (nSPS) is 32.6. The maximum Gasteiger partial charge on any atom is 0.0940 e. The average Bonchev–Trinajstić information content (AvgIpc) is 2.86. The lowest BCUT2D eigenvalue weighted by molar-refractivity contribution is -0.101. The third-order valence-electron chi connectivity index (χ3n) is 4.51. The zero-order chi connectivity index (χ0) is 13.3. The summed E-state index contributed by atoms with van der Waals surface area (Å²) in [6, 6.07) is 4.12. The van der Waals surface area contributed by atoms with Crippen molar-refractivity contribution in [1.29, 1.82) is 0 Å². The molecule has 3 rings (SSSR count). The summed E-state index contributed by atoms with van der Waals surface area (Å²) < 4.78 is 11.5. The van der Waals surface area contributed by atoms with E-state index in [9.17, 15) is 0 Å². The Morgan fingerprint density at radius 2 is 2.37 bits per heavy atom. The fourth-order valence-corrected chi connectivity index (χ4v) is 3.34. The summed E-state index contributed by atoms with van der Waals surface area (Å²) >= 11 is 0. The topological polar surface area (TPSA) is 57.4 Å². The monoisotopic (exact) mass is 262 g/mol. The molecular formula is C15H22N2O2. The maximum atomic E-state index is 6.49. The zero-order valence-electron chi connectivity index (χ0n) is 11.5. The van der Waals surface area contributed by atoms with Gasteiger partial charge in [0, 0.05) is 37.6 Å². The molecule has 0 amide bonds. The Kier molecular flexibility index (Phi) is 3.56. The van der Waals surface area contributed by atoms with E-state index in [1.54, 1.807) is 0 Å². The van der Waals surface area contributed by atoms with Gasteiger partial charge in [-0.05, 0) is 37.3 Å². The molecule has 1 aromatic rings. The SMILES string of the molecule is Cc1ncccc1C(N)C1CCOC2(CCOC2)C1. The van der Waals surface area contributed by atoms with Crippen LogP contribution in [0.2, 0.25) is 0 Å². The van der Waals surface area contributed by atoms with Crippen molar-refractivity contribution < 1.29 is 9.47 Å². The minimum atomic E-state index is -0.0728. The molecule has 4 heteroatoms. The van der Waals surface area contributed by atoms with Gasteiger partial charge in [0.05, 0.1) is 12.2 Å². The molecule has 104 valence electrons. The van der Waals surface area contributed by atoms with E-state index in [1.165, 1.54) is 5.56 Å². The molecule has 2 aliphatic rings. The number of ether oxygens (including phenoxy) is 2. The van der Waals surface area contributed by atoms with Crippen LogP contribution in [0.1, 0.15) is 36.6 Å². The first-order valence-electron chi connectivity index (χ1n) is 7.09. The first-order valence-corrected chi connectivity index (χ1v) is 7.09. The zero-order valence-corrected chi connectivity index (χ0v) is 11.5. The van der Waals surface area contributed by atoms with Crippen molar-refractivity contribution in [3.63, 3.8) is 0 Å². The highest BCUT2D eigenvalue weighted by molar-refractivity contribution is 5.23. The molecule has 0 radical (unpaired) electrons. The van der Waals surface area contributed by atoms with Gasteiger partial charge in [-0.3, -0.25) is 4.98 Å². The Labute approximate surface area is 114 Å². The molecule has 0 saturated carbocycles. The lowest BCUT2D eigenvalue weighted by Crippen LogP contribution is -2.43. The molecule has 0 aliphatic carbocycles. The van der Waals surface area contributed by atoms with Crippen LogP contribution in [0.3, 0.4) is 0 Å². The molecule has 1 spiro atoms. The number of hydrogen-bond acceptors (Lipinski definition) is 4. The molecular weight excluding hydrogens is 240 g/mol. The Bertz CT molecular complexity index is 444. The first kappa shape index (κ1) is 13.0. The molecule has 3 atom stereocenters. The summed E-state index contributed by atoms with van der Waals surface area (Å²) in [6.07, 6.45) is 4.85. The number of hydrogen-bond donors (Lipinski definition) is 1. The van der Waals surface area contributed by atoms with Crippen molar-refractivity contribution >= 4 is 0 Å². The number of pyridine rings is 1. The van der Waals surface area contributed by atoms with Crippen molar-refractivity contribution in [2.24, 2.45) is 11.7 Å². The van der Waals surface area contributed by atoms with Gasteiger partial charge in [-0.1, -0.05) is 6.07 Å². The second kappa shape index (κ2) is 5.19. The van der Waals surface area contributed by atoms with E-state index in [2.05, 4.69) is 11.1 Å². The van der Waals surface area contributed by atoms with E-state index in [1.807, 2.05) is 19.2 Å². The van der Waals surface area contributed by atoms with Crippen molar-refractivity contribution in [3.8, 4) is 0 Å². The number of aromatic nitrogens is 1. The molecule has 1 aromatic heterocycles. The highest BCUT2D eigenvalue weighted by atomic mass is 16.6. The fourth-order valence-electron chi connectivity index (χ4n) is 3.34. The number of nitrogens with zero attached hydrogens (tertiary/aromatic N) is 1. The highest BCUT2D eigenvalue weighted by Crippen LogP contribution is 2.40. The summed E-state index contributed by atoms with van der Waals surface area (Å²) in [5, 5.41) is 0. The third-order valence-corrected chi connectivity index (χ3v) is 4.51. The maximum absolute atomic E-state index is 6.49. The van der Waals surface area contributed by atoms with E-state index < -0.39 is 0 Å². The van der Waals surface area contributed by atoms with E-state index in [0.717, 1.165) is 44.8 Å². The van der Waals surface area contributed by atoms with Crippen molar-refractivity contribution in [2.75, 3.05) is 19.8 Å². The Morgan fingerprint density at radius 3 is 3.11 bits per heavy atom. The summed E-state index contributed by atoms with van der Waals surface area (Å²) in [4.78, 5) is 4.35. The van der Waals surface area contributed by atoms with Crippen LogP contribution in [0.5, 0.6) is 0 Å². The molecule has 2 N–H and O–H groups in total. The van der Waals surface area contributed by atoms with Gasteiger partial charge < -0.3 is 15.2 Å². The van der Waals surface area contributed by atoms with Gasteiger partial charge in [-0.25, -0.2) is 0 Å².